The van der Waals surface area contributed by atoms with E-state index >= 15 is 0 Å². The average molecular weight is 500 g/mol. The molecule has 1 heteroatoms. The molecule has 188 valence electrons. The summed E-state index contributed by atoms with van der Waals surface area (Å²) in [7, 11) is 0. The molecule has 0 saturated carbocycles. The minimum absolute atomic E-state index is 1.36. The molecule has 0 bridgehead atoms. The van der Waals surface area contributed by atoms with Crippen LogP contribution in [0.15, 0.2) is 0 Å². The van der Waals surface area contributed by atoms with Crippen LogP contribution in [0.5, 0.6) is 0 Å². The van der Waals surface area contributed by atoms with Gasteiger partial charge in [-0.3, -0.25) is 0 Å². The summed E-state index contributed by atoms with van der Waals surface area (Å²) in [6.45, 7) is 9.51. The molecule has 0 amide bonds. The molecule has 0 spiro atoms. The van der Waals surface area contributed by atoms with Gasteiger partial charge in [-0.25, -0.2) is 0 Å². The summed E-state index contributed by atoms with van der Waals surface area (Å²) in [4.78, 5) is 0. The second kappa shape index (κ2) is 25.2. The third-order valence-corrected chi connectivity index (χ3v) is 18.1. The van der Waals surface area contributed by atoms with Crippen LogP contribution in [0.3, 0.4) is 0 Å². The number of rotatable bonds is 26. The molecule has 0 rings (SSSR count). The second-order valence-electron chi connectivity index (χ2n) is 10.6. The first-order valence-corrected chi connectivity index (χ1v) is 20.4. The Morgan fingerprint density at radius 1 is 0.258 bits per heavy atom. The van der Waals surface area contributed by atoms with Gasteiger partial charge in [0.15, 0.2) is 0 Å². The second-order valence-corrected chi connectivity index (χ2v) is 20.0. The van der Waals surface area contributed by atoms with Gasteiger partial charge < -0.3 is 0 Å². The van der Waals surface area contributed by atoms with Gasteiger partial charge in [0.25, 0.3) is 0 Å². The topological polar surface area (TPSA) is 0 Å². The molecular weight excluding hydrogens is 435 g/mol. The minimum atomic E-state index is -1.36. The Morgan fingerprint density at radius 2 is 0.484 bits per heavy atom. The van der Waals surface area contributed by atoms with Gasteiger partial charge in [-0.15, -0.1) is 0 Å². The van der Waals surface area contributed by atoms with Crippen LogP contribution in [0.2, 0.25) is 20.8 Å². The van der Waals surface area contributed by atoms with Crippen LogP contribution >= 0.6 is 0 Å². The van der Waals surface area contributed by atoms with E-state index in [4.69, 9.17) is 0 Å². The summed E-state index contributed by atoms with van der Waals surface area (Å²) in [5.41, 5.74) is 0. The van der Waals surface area contributed by atoms with Crippen molar-refractivity contribution in [3.8, 4) is 0 Å². The van der Waals surface area contributed by atoms with Crippen LogP contribution in [0.1, 0.15) is 169 Å². The third kappa shape index (κ3) is 20.9. The zero-order valence-corrected chi connectivity index (χ0v) is 24.7. The molecule has 0 atom stereocenters. The fourth-order valence-electron chi connectivity index (χ4n) is 5.15. The monoisotopic (exact) mass is 499 g/mol. The molecule has 0 fully saturated rings. The number of hydrogen-bond donors (Lipinski definition) is 0. The standard InChI is InChI=1S/C30H64As/c1-5-9-13-14-15-16-17-18-19-20-21-22-23-24-25-26-30-31(27-10-6-2,28-11-7-3)29-12-8-4/h5-30H2,1-4H3/q+1. The van der Waals surface area contributed by atoms with Crippen molar-refractivity contribution in [3.05, 3.63) is 0 Å². The van der Waals surface area contributed by atoms with Crippen LogP contribution in [0, 0.1) is 0 Å². The first-order chi connectivity index (χ1) is 15.2. The van der Waals surface area contributed by atoms with Gasteiger partial charge >= 0.3 is 164 Å². The molecule has 0 aromatic carbocycles. The molecule has 0 aliphatic heterocycles. The van der Waals surface area contributed by atoms with Crippen LogP contribution in [-0.2, 0) is 0 Å². The van der Waals surface area contributed by atoms with Crippen molar-refractivity contribution in [2.24, 2.45) is 0 Å². The Balaban J connectivity index is 3.71. The first-order valence-electron chi connectivity index (χ1n) is 15.1. The van der Waals surface area contributed by atoms with Crippen molar-refractivity contribution in [3.63, 3.8) is 0 Å². The average Bonchev–Trinajstić information content (AvgIpc) is 2.79. The van der Waals surface area contributed by atoms with Crippen LogP contribution < -0.4 is 0 Å². The van der Waals surface area contributed by atoms with Crippen molar-refractivity contribution < 1.29 is 0 Å². The summed E-state index contributed by atoms with van der Waals surface area (Å²) in [6, 6.07) is 0. The van der Waals surface area contributed by atoms with Gasteiger partial charge in [-0.05, 0) is 0 Å². The van der Waals surface area contributed by atoms with E-state index in [0.717, 1.165) is 0 Å². The number of hydrogen-bond acceptors (Lipinski definition) is 0. The Kier molecular flexibility index (Phi) is 25.6. The fourth-order valence-corrected chi connectivity index (χ4v) is 16.1. The van der Waals surface area contributed by atoms with Gasteiger partial charge in [0.2, 0.25) is 0 Å². The molecule has 0 aliphatic carbocycles. The normalized spacial score (nSPS) is 12.0. The van der Waals surface area contributed by atoms with Crippen LogP contribution in [0.25, 0.3) is 0 Å². The van der Waals surface area contributed by atoms with Crippen molar-refractivity contribution in [2.45, 2.75) is 190 Å². The van der Waals surface area contributed by atoms with Crippen LogP contribution in [-0.4, -0.2) is 13.6 Å². The molecule has 0 aromatic heterocycles. The van der Waals surface area contributed by atoms with Crippen molar-refractivity contribution in [2.75, 3.05) is 0 Å². The maximum absolute atomic E-state index is 2.40. The Hall–Kier alpha value is 0.558. The van der Waals surface area contributed by atoms with Gasteiger partial charge in [0.1, 0.15) is 0 Å². The quantitative estimate of drug-likeness (QED) is 0.0820. The Bertz CT molecular complexity index is 303. The molecule has 0 aliphatic rings. The van der Waals surface area contributed by atoms with E-state index in [9.17, 15) is 0 Å². The van der Waals surface area contributed by atoms with Crippen molar-refractivity contribution in [1.29, 1.82) is 0 Å². The number of unbranched alkanes of at least 4 members (excludes halogenated alkanes) is 18. The summed E-state index contributed by atoms with van der Waals surface area (Å²) >= 11 is -1.36. The van der Waals surface area contributed by atoms with Crippen molar-refractivity contribution >= 4 is 13.6 Å². The SMILES string of the molecule is CCCCCCCCCCCCCCCCCC[As+](CCCC)(CCCC)CCCC. The third-order valence-electron chi connectivity index (χ3n) is 7.44. The first kappa shape index (κ1) is 31.6. The zero-order chi connectivity index (χ0) is 22.9. The van der Waals surface area contributed by atoms with Gasteiger partial charge in [0, 0.05) is 0 Å². The van der Waals surface area contributed by atoms with E-state index in [2.05, 4.69) is 27.7 Å². The van der Waals surface area contributed by atoms with Crippen molar-refractivity contribution in [1.82, 2.24) is 0 Å². The van der Waals surface area contributed by atoms with E-state index < -0.39 is 13.6 Å². The molecular formula is C30H64As+. The van der Waals surface area contributed by atoms with Crippen LogP contribution in [0.4, 0.5) is 0 Å². The summed E-state index contributed by atoms with van der Waals surface area (Å²) in [5, 5.41) is 6.71. The van der Waals surface area contributed by atoms with E-state index in [1.165, 1.54) is 135 Å². The Morgan fingerprint density at radius 3 is 0.774 bits per heavy atom. The van der Waals surface area contributed by atoms with Gasteiger partial charge in [-0.1, -0.05) is 39.0 Å². The molecule has 0 radical (unpaired) electrons. The predicted octanol–water partition coefficient (Wildman–Crippen LogP) is 12.1. The molecule has 0 aromatic rings. The molecule has 0 nitrogen and oxygen atoms in total. The van der Waals surface area contributed by atoms with Gasteiger partial charge in [-0.2, -0.15) is 0 Å². The zero-order valence-electron chi connectivity index (χ0n) is 22.8. The van der Waals surface area contributed by atoms with Gasteiger partial charge in [0.05, 0.1) is 0 Å². The molecule has 0 N–H and O–H groups in total. The predicted molar refractivity (Wildman–Crippen MR) is 149 cm³/mol. The maximum atomic E-state index is 2.40. The summed E-state index contributed by atoms with van der Waals surface area (Å²) < 4.78 is 0. The molecule has 0 saturated heterocycles. The van der Waals surface area contributed by atoms with E-state index in [1.807, 2.05) is 0 Å². The molecule has 0 unspecified atom stereocenters. The van der Waals surface area contributed by atoms with E-state index in [-0.39, 0.29) is 0 Å². The summed E-state index contributed by atoms with van der Waals surface area (Å²) in [5.74, 6) is 0. The molecule has 31 heavy (non-hydrogen) atoms. The van der Waals surface area contributed by atoms with E-state index in [1.54, 1.807) is 27.3 Å². The molecule has 0 heterocycles. The Labute approximate surface area is 203 Å². The fraction of sp³-hybridized carbons (Fsp3) is 1.00. The van der Waals surface area contributed by atoms with E-state index in [0.29, 0.717) is 0 Å². The summed E-state index contributed by atoms with van der Waals surface area (Å²) in [6.07, 6.45) is 32.7.